The largest absolute Gasteiger partial charge is 0.462 e. The van der Waals surface area contributed by atoms with Crippen LogP contribution in [0.2, 0.25) is 0 Å². The van der Waals surface area contributed by atoms with Crippen molar-refractivity contribution in [2.75, 3.05) is 6.61 Å². The van der Waals surface area contributed by atoms with E-state index in [1.54, 1.807) is 6.08 Å². The fraction of sp³-hybridized carbons (Fsp3) is 0.300. The molecule has 0 spiro atoms. The smallest absolute Gasteiger partial charge is 0.302 e. The lowest BCUT2D eigenvalue weighted by Gasteiger charge is -1.92. The zero-order valence-corrected chi connectivity index (χ0v) is 7.49. The van der Waals surface area contributed by atoms with Crippen molar-refractivity contribution in [3.05, 3.63) is 36.5 Å². The third-order valence-corrected chi connectivity index (χ3v) is 1.04. The molecule has 12 heavy (non-hydrogen) atoms. The topological polar surface area (TPSA) is 26.3 Å². The molecule has 2 nitrogen and oxygen atoms in total. The number of carbonyl (C=O) groups excluding carboxylic acids is 1. The summed E-state index contributed by atoms with van der Waals surface area (Å²) in [5.74, 6) is -0.253. The van der Waals surface area contributed by atoms with E-state index in [0.29, 0.717) is 6.61 Å². The molecule has 0 unspecified atom stereocenters. The minimum atomic E-state index is -0.253. The molecule has 0 amide bonds. The molecule has 0 aromatic carbocycles. The zero-order chi connectivity index (χ0) is 9.23. The van der Waals surface area contributed by atoms with Crippen LogP contribution >= 0.6 is 0 Å². The highest BCUT2D eigenvalue weighted by Crippen LogP contribution is 1.82. The molecule has 0 aliphatic rings. The second-order valence-electron chi connectivity index (χ2n) is 2.14. The first-order valence-electron chi connectivity index (χ1n) is 3.85. The summed E-state index contributed by atoms with van der Waals surface area (Å²) < 4.78 is 4.67. The predicted molar refractivity (Wildman–Crippen MR) is 49.7 cm³/mol. The molecule has 0 heterocycles. The van der Waals surface area contributed by atoms with Crippen LogP contribution in [0.1, 0.15) is 13.8 Å². The van der Waals surface area contributed by atoms with E-state index in [0.717, 1.165) is 0 Å². The van der Waals surface area contributed by atoms with Gasteiger partial charge in [-0.15, -0.1) is 0 Å². The van der Waals surface area contributed by atoms with Crippen molar-refractivity contribution < 1.29 is 9.53 Å². The van der Waals surface area contributed by atoms with Crippen molar-refractivity contribution in [2.24, 2.45) is 0 Å². The van der Waals surface area contributed by atoms with Crippen LogP contribution in [0.5, 0.6) is 0 Å². The molecule has 0 radical (unpaired) electrons. The van der Waals surface area contributed by atoms with E-state index >= 15 is 0 Å². The summed E-state index contributed by atoms with van der Waals surface area (Å²) in [5.41, 5.74) is 0. The van der Waals surface area contributed by atoms with Crippen molar-refractivity contribution in [1.29, 1.82) is 0 Å². The standard InChI is InChI=1S/C10H14O2/c1-3-4-5-6-7-8-9-12-10(2)11/h3-8H,9H2,1-2H3. The molecule has 0 aliphatic carbocycles. The Labute approximate surface area is 73.2 Å². The number of hydrogen-bond donors (Lipinski definition) is 0. The van der Waals surface area contributed by atoms with Gasteiger partial charge in [0.05, 0.1) is 0 Å². The Morgan fingerprint density at radius 2 is 1.92 bits per heavy atom. The maximum absolute atomic E-state index is 10.3. The molecule has 0 aromatic heterocycles. The predicted octanol–water partition coefficient (Wildman–Crippen LogP) is 2.24. The van der Waals surface area contributed by atoms with Crippen molar-refractivity contribution in [3.63, 3.8) is 0 Å². The number of ether oxygens (including phenoxy) is 1. The molecule has 66 valence electrons. The molecule has 0 saturated heterocycles. The van der Waals surface area contributed by atoms with Gasteiger partial charge in [0, 0.05) is 6.92 Å². The summed E-state index contributed by atoms with van der Waals surface area (Å²) in [6.45, 7) is 3.69. The van der Waals surface area contributed by atoms with Crippen LogP contribution in [0.3, 0.4) is 0 Å². The highest BCUT2D eigenvalue weighted by atomic mass is 16.5. The third-order valence-electron chi connectivity index (χ3n) is 1.04. The van der Waals surface area contributed by atoms with Gasteiger partial charge in [0.2, 0.25) is 0 Å². The third kappa shape index (κ3) is 8.69. The average Bonchev–Trinajstić information content (AvgIpc) is 2.02. The van der Waals surface area contributed by atoms with Crippen LogP contribution in [0.4, 0.5) is 0 Å². The Kier molecular flexibility index (Phi) is 6.94. The summed E-state index contributed by atoms with van der Waals surface area (Å²) in [5, 5.41) is 0. The summed E-state index contributed by atoms with van der Waals surface area (Å²) in [7, 11) is 0. The summed E-state index contributed by atoms with van der Waals surface area (Å²) in [6, 6.07) is 0. The Morgan fingerprint density at radius 1 is 1.25 bits per heavy atom. The minimum absolute atomic E-state index is 0.253. The van der Waals surface area contributed by atoms with E-state index in [4.69, 9.17) is 0 Å². The van der Waals surface area contributed by atoms with Crippen molar-refractivity contribution >= 4 is 5.97 Å². The number of esters is 1. The monoisotopic (exact) mass is 166 g/mol. The Balaban J connectivity index is 3.43. The number of carbonyl (C=O) groups is 1. The number of rotatable bonds is 4. The quantitative estimate of drug-likeness (QED) is 0.473. The van der Waals surface area contributed by atoms with Gasteiger partial charge in [0.1, 0.15) is 6.61 Å². The van der Waals surface area contributed by atoms with Crippen LogP contribution in [-0.4, -0.2) is 12.6 Å². The van der Waals surface area contributed by atoms with E-state index in [2.05, 4.69) is 4.74 Å². The second kappa shape index (κ2) is 7.79. The van der Waals surface area contributed by atoms with Crippen molar-refractivity contribution in [1.82, 2.24) is 0 Å². The summed E-state index contributed by atoms with van der Waals surface area (Å²) in [4.78, 5) is 10.3. The summed E-state index contributed by atoms with van der Waals surface area (Å²) in [6.07, 6.45) is 11.3. The van der Waals surface area contributed by atoms with Crippen LogP contribution in [0.15, 0.2) is 36.5 Å². The van der Waals surface area contributed by atoms with E-state index in [9.17, 15) is 4.79 Å². The Bertz CT molecular complexity index is 200. The van der Waals surface area contributed by atoms with Crippen molar-refractivity contribution in [2.45, 2.75) is 13.8 Å². The van der Waals surface area contributed by atoms with Gasteiger partial charge in [-0.25, -0.2) is 0 Å². The second-order valence-corrected chi connectivity index (χ2v) is 2.14. The molecule has 0 atom stereocenters. The molecular weight excluding hydrogens is 152 g/mol. The highest BCUT2D eigenvalue weighted by Gasteiger charge is 1.84. The van der Waals surface area contributed by atoms with Crippen LogP contribution in [-0.2, 0) is 9.53 Å². The molecule has 0 aromatic rings. The minimum Gasteiger partial charge on any atom is -0.462 e. The Hall–Kier alpha value is -1.31. The van der Waals surface area contributed by atoms with Gasteiger partial charge < -0.3 is 4.74 Å². The zero-order valence-electron chi connectivity index (χ0n) is 7.49. The first-order chi connectivity index (χ1) is 5.77. The first-order valence-corrected chi connectivity index (χ1v) is 3.85. The molecule has 0 saturated carbocycles. The molecule has 0 bridgehead atoms. The fourth-order valence-corrected chi connectivity index (χ4v) is 0.539. The molecule has 0 fully saturated rings. The highest BCUT2D eigenvalue weighted by molar-refractivity contribution is 5.65. The number of hydrogen-bond acceptors (Lipinski definition) is 2. The lowest BCUT2D eigenvalue weighted by atomic mass is 10.4. The molecule has 0 N–H and O–H groups in total. The maximum Gasteiger partial charge on any atom is 0.302 e. The maximum atomic E-state index is 10.3. The summed E-state index contributed by atoms with van der Waals surface area (Å²) >= 11 is 0. The molecule has 0 rings (SSSR count). The van der Waals surface area contributed by atoms with E-state index < -0.39 is 0 Å². The van der Waals surface area contributed by atoms with E-state index in [-0.39, 0.29) is 5.97 Å². The molecule has 0 aliphatic heterocycles. The van der Waals surface area contributed by atoms with Gasteiger partial charge in [-0.05, 0) is 13.0 Å². The van der Waals surface area contributed by atoms with Crippen LogP contribution in [0.25, 0.3) is 0 Å². The van der Waals surface area contributed by atoms with Crippen LogP contribution in [0, 0.1) is 0 Å². The van der Waals surface area contributed by atoms with Gasteiger partial charge in [0.25, 0.3) is 0 Å². The van der Waals surface area contributed by atoms with E-state index in [1.807, 2.05) is 37.3 Å². The Morgan fingerprint density at radius 3 is 2.50 bits per heavy atom. The van der Waals surface area contributed by atoms with Crippen molar-refractivity contribution in [3.8, 4) is 0 Å². The van der Waals surface area contributed by atoms with Gasteiger partial charge in [-0.2, -0.15) is 0 Å². The average molecular weight is 166 g/mol. The lowest BCUT2D eigenvalue weighted by Crippen LogP contribution is -1.96. The number of allylic oxidation sites excluding steroid dienone is 5. The van der Waals surface area contributed by atoms with Crippen LogP contribution < -0.4 is 0 Å². The SMILES string of the molecule is CC=CC=CC=CCOC(C)=O. The first kappa shape index (κ1) is 10.7. The van der Waals surface area contributed by atoms with Gasteiger partial charge in [-0.1, -0.05) is 30.4 Å². The fourth-order valence-electron chi connectivity index (χ4n) is 0.539. The molecule has 2 heteroatoms. The van der Waals surface area contributed by atoms with Gasteiger partial charge in [0.15, 0.2) is 0 Å². The lowest BCUT2D eigenvalue weighted by molar-refractivity contribution is -0.139. The van der Waals surface area contributed by atoms with Gasteiger partial charge >= 0.3 is 5.97 Å². The normalized spacial score (nSPS) is 11.8. The molecular formula is C10H14O2. The van der Waals surface area contributed by atoms with Gasteiger partial charge in [-0.3, -0.25) is 4.79 Å². The van der Waals surface area contributed by atoms with E-state index in [1.165, 1.54) is 6.92 Å².